The van der Waals surface area contributed by atoms with Gasteiger partial charge < -0.3 is 15.2 Å². The third-order valence-corrected chi connectivity index (χ3v) is 2.97. The summed E-state index contributed by atoms with van der Waals surface area (Å²) in [6.07, 6.45) is -4.29. The molecule has 0 heterocycles. The van der Waals surface area contributed by atoms with Crippen molar-refractivity contribution in [2.75, 3.05) is 6.54 Å². The molecule has 0 unspecified atom stereocenters. The number of hydrogen-bond acceptors (Lipinski definition) is 3. The van der Waals surface area contributed by atoms with Gasteiger partial charge in [-0.15, -0.1) is 13.2 Å². The van der Waals surface area contributed by atoms with Crippen LogP contribution in [0.2, 0.25) is 0 Å². The van der Waals surface area contributed by atoms with Crippen LogP contribution < -0.4 is 10.1 Å². The first-order valence-electron chi connectivity index (χ1n) is 6.39. The maximum Gasteiger partial charge on any atom is 0.573 e. The quantitative estimate of drug-likeness (QED) is 0.760. The molecule has 1 rings (SSSR count). The van der Waals surface area contributed by atoms with E-state index in [4.69, 9.17) is 5.11 Å². The van der Waals surface area contributed by atoms with Crippen molar-refractivity contribution in [3.05, 3.63) is 29.8 Å². The van der Waals surface area contributed by atoms with E-state index in [-0.39, 0.29) is 5.75 Å². The lowest BCUT2D eigenvalue weighted by atomic mass is 9.90. The highest BCUT2D eigenvalue weighted by Crippen LogP contribution is 2.23. The molecule has 21 heavy (non-hydrogen) atoms. The molecule has 0 aliphatic heterocycles. The molecule has 0 atom stereocenters. The van der Waals surface area contributed by atoms with E-state index in [0.717, 1.165) is 0 Å². The SMILES string of the molecule is CC(C)(CCNCc1cccc(OC(F)(F)F)c1)C(=O)O. The van der Waals surface area contributed by atoms with Crippen LogP contribution in [-0.2, 0) is 11.3 Å². The van der Waals surface area contributed by atoms with Crippen molar-refractivity contribution in [3.8, 4) is 5.75 Å². The van der Waals surface area contributed by atoms with Crippen LogP contribution >= 0.6 is 0 Å². The van der Waals surface area contributed by atoms with Gasteiger partial charge >= 0.3 is 12.3 Å². The molecule has 0 aromatic heterocycles. The summed E-state index contributed by atoms with van der Waals surface area (Å²) in [5, 5.41) is 12.0. The summed E-state index contributed by atoms with van der Waals surface area (Å²) >= 11 is 0. The molecule has 0 aliphatic carbocycles. The van der Waals surface area contributed by atoms with Crippen LogP contribution in [0.4, 0.5) is 13.2 Å². The van der Waals surface area contributed by atoms with Crippen molar-refractivity contribution in [2.24, 2.45) is 5.41 Å². The van der Waals surface area contributed by atoms with Gasteiger partial charge in [-0.25, -0.2) is 0 Å². The number of ether oxygens (including phenoxy) is 1. The Morgan fingerprint density at radius 3 is 2.57 bits per heavy atom. The first-order chi connectivity index (χ1) is 9.60. The highest BCUT2D eigenvalue weighted by atomic mass is 19.4. The van der Waals surface area contributed by atoms with Gasteiger partial charge in [-0.05, 0) is 44.5 Å². The molecule has 0 spiro atoms. The van der Waals surface area contributed by atoms with E-state index in [2.05, 4.69) is 10.1 Å². The van der Waals surface area contributed by atoms with Gasteiger partial charge in [0.25, 0.3) is 0 Å². The topological polar surface area (TPSA) is 58.6 Å². The smallest absolute Gasteiger partial charge is 0.481 e. The fourth-order valence-corrected chi connectivity index (χ4v) is 1.59. The van der Waals surface area contributed by atoms with E-state index in [0.29, 0.717) is 25.1 Å². The van der Waals surface area contributed by atoms with Gasteiger partial charge in [0.2, 0.25) is 0 Å². The maximum atomic E-state index is 12.1. The Hall–Kier alpha value is -1.76. The highest BCUT2D eigenvalue weighted by molar-refractivity contribution is 5.73. The Balaban J connectivity index is 2.46. The predicted molar refractivity (Wildman–Crippen MR) is 70.9 cm³/mol. The molecule has 1 aromatic carbocycles. The van der Waals surface area contributed by atoms with E-state index < -0.39 is 17.7 Å². The van der Waals surface area contributed by atoms with Gasteiger partial charge in [-0.1, -0.05) is 12.1 Å². The lowest BCUT2D eigenvalue weighted by Gasteiger charge is -2.19. The van der Waals surface area contributed by atoms with Crippen molar-refractivity contribution in [1.82, 2.24) is 5.32 Å². The summed E-state index contributed by atoms with van der Waals surface area (Å²) in [5.41, 5.74) is -0.210. The van der Waals surface area contributed by atoms with Gasteiger partial charge in [0, 0.05) is 6.54 Å². The third kappa shape index (κ3) is 6.48. The van der Waals surface area contributed by atoms with Crippen LogP contribution in [0.1, 0.15) is 25.8 Å². The summed E-state index contributed by atoms with van der Waals surface area (Å²) in [6, 6.07) is 5.66. The van der Waals surface area contributed by atoms with E-state index >= 15 is 0 Å². The lowest BCUT2D eigenvalue weighted by Crippen LogP contribution is -2.28. The minimum Gasteiger partial charge on any atom is -0.481 e. The molecule has 4 nitrogen and oxygen atoms in total. The summed E-state index contributed by atoms with van der Waals surface area (Å²) in [6.45, 7) is 4.03. The Morgan fingerprint density at radius 2 is 2.00 bits per heavy atom. The molecule has 7 heteroatoms. The Morgan fingerprint density at radius 1 is 1.33 bits per heavy atom. The van der Waals surface area contributed by atoms with Gasteiger partial charge in [0.15, 0.2) is 0 Å². The van der Waals surface area contributed by atoms with Crippen LogP contribution in [0.3, 0.4) is 0 Å². The van der Waals surface area contributed by atoms with Crippen LogP contribution in [0.5, 0.6) is 5.75 Å². The van der Waals surface area contributed by atoms with Gasteiger partial charge in [0.05, 0.1) is 5.41 Å². The number of carboxylic acid groups (broad SMARTS) is 1. The minimum absolute atomic E-state index is 0.271. The summed E-state index contributed by atoms with van der Waals surface area (Å²) in [7, 11) is 0. The number of carboxylic acids is 1. The second-order valence-electron chi connectivity index (χ2n) is 5.31. The number of alkyl halides is 3. The Labute approximate surface area is 120 Å². The maximum absolute atomic E-state index is 12.1. The van der Waals surface area contributed by atoms with Gasteiger partial charge in [-0.3, -0.25) is 4.79 Å². The van der Waals surface area contributed by atoms with Crippen LogP contribution in [-0.4, -0.2) is 24.0 Å². The molecule has 0 fully saturated rings. The number of aliphatic carboxylic acids is 1. The standard InChI is InChI=1S/C14H18F3NO3/c1-13(2,12(19)20)6-7-18-9-10-4-3-5-11(8-10)21-14(15,16)17/h3-5,8,18H,6-7,9H2,1-2H3,(H,19,20). The molecule has 0 saturated carbocycles. The van der Waals surface area contributed by atoms with Crippen molar-refractivity contribution in [2.45, 2.75) is 33.2 Å². The Kier molecular flexibility index (Phi) is 5.60. The first kappa shape index (κ1) is 17.3. The van der Waals surface area contributed by atoms with Crippen LogP contribution in [0, 0.1) is 5.41 Å². The van der Waals surface area contributed by atoms with Gasteiger partial charge in [-0.2, -0.15) is 0 Å². The lowest BCUT2D eigenvalue weighted by molar-refractivity contribution is -0.274. The van der Waals surface area contributed by atoms with Crippen molar-refractivity contribution in [1.29, 1.82) is 0 Å². The number of rotatable bonds is 7. The number of nitrogens with one attached hydrogen (secondary N) is 1. The molecule has 0 radical (unpaired) electrons. The molecule has 0 amide bonds. The monoisotopic (exact) mass is 305 g/mol. The van der Waals surface area contributed by atoms with E-state index in [1.54, 1.807) is 19.9 Å². The van der Waals surface area contributed by atoms with Crippen LogP contribution in [0.25, 0.3) is 0 Å². The van der Waals surface area contributed by atoms with Crippen LogP contribution in [0.15, 0.2) is 24.3 Å². The second kappa shape index (κ2) is 6.80. The molecular weight excluding hydrogens is 287 g/mol. The number of hydrogen-bond donors (Lipinski definition) is 2. The largest absolute Gasteiger partial charge is 0.573 e. The Bertz CT molecular complexity index is 487. The zero-order valence-corrected chi connectivity index (χ0v) is 11.8. The average Bonchev–Trinajstić information content (AvgIpc) is 2.33. The second-order valence-corrected chi connectivity index (χ2v) is 5.31. The highest BCUT2D eigenvalue weighted by Gasteiger charge is 2.31. The first-order valence-corrected chi connectivity index (χ1v) is 6.39. The van der Waals surface area contributed by atoms with Crippen molar-refractivity contribution >= 4 is 5.97 Å². The van der Waals surface area contributed by atoms with Crippen molar-refractivity contribution < 1.29 is 27.8 Å². The average molecular weight is 305 g/mol. The van der Waals surface area contributed by atoms with E-state index in [1.165, 1.54) is 18.2 Å². The predicted octanol–water partition coefficient (Wildman–Crippen LogP) is 3.18. The summed E-state index contributed by atoms with van der Waals surface area (Å²) < 4.78 is 40.1. The number of carbonyl (C=O) groups is 1. The summed E-state index contributed by atoms with van der Waals surface area (Å²) in [5.74, 6) is -1.16. The van der Waals surface area contributed by atoms with Crippen molar-refractivity contribution in [3.63, 3.8) is 0 Å². The molecule has 0 bridgehead atoms. The minimum atomic E-state index is -4.71. The molecule has 2 N–H and O–H groups in total. The molecule has 0 saturated heterocycles. The zero-order valence-electron chi connectivity index (χ0n) is 11.8. The normalized spacial score (nSPS) is 12.2. The number of benzene rings is 1. The third-order valence-electron chi connectivity index (χ3n) is 2.97. The molecule has 118 valence electrons. The molecule has 0 aliphatic rings. The molecular formula is C14H18F3NO3. The van der Waals surface area contributed by atoms with Gasteiger partial charge in [0.1, 0.15) is 5.75 Å². The number of halogens is 3. The fraction of sp³-hybridized carbons (Fsp3) is 0.500. The fourth-order valence-electron chi connectivity index (χ4n) is 1.59. The van der Waals surface area contributed by atoms with E-state index in [1.807, 2.05) is 0 Å². The summed E-state index contributed by atoms with van der Waals surface area (Å²) in [4.78, 5) is 10.9. The van der Waals surface area contributed by atoms with E-state index in [9.17, 15) is 18.0 Å². The zero-order chi connectivity index (χ0) is 16.1. The molecule has 1 aromatic rings.